The van der Waals surface area contributed by atoms with Crippen molar-refractivity contribution in [3.05, 3.63) is 0 Å². The molecule has 1 aliphatic heterocycles. The molecule has 0 aliphatic carbocycles. The van der Waals surface area contributed by atoms with E-state index in [9.17, 15) is 4.79 Å². The van der Waals surface area contributed by atoms with Crippen LogP contribution >= 0.6 is 0 Å². The maximum Gasteiger partial charge on any atom is 0.223 e. The van der Waals surface area contributed by atoms with E-state index in [4.69, 9.17) is 4.74 Å². The van der Waals surface area contributed by atoms with E-state index in [2.05, 4.69) is 26.1 Å². The molecule has 1 unspecified atom stereocenters. The van der Waals surface area contributed by atoms with Gasteiger partial charge in [-0.1, -0.05) is 0 Å². The summed E-state index contributed by atoms with van der Waals surface area (Å²) in [4.78, 5) is 13.9. The Kier molecular flexibility index (Phi) is 5.40. The van der Waals surface area contributed by atoms with E-state index in [1.165, 1.54) is 0 Å². The standard InChI is InChI=1S/C13H26N2O2/c1-13(2,3)14-7-5-12(16)15-8-6-11(9-15)10-17-4/h11,14H,5-10H2,1-4H3. The van der Waals surface area contributed by atoms with Crippen molar-refractivity contribution in [3.8, 4) is 0 Å². The van der Waals surface area contributed by atoms with E-state index in [1.54, 1.807) is 7.11 Å². The fraction of sp³-hybridized carbons (Fsp3) is 0.923. The lowest BCUT2D eigenvalue weighted by Crippen LogP contribution is -2.39. The highest BCUT2D eigenvalue weighted by molar-refractivity contribution is 5.76. The maximum absolute atomic E-state index is 11.9. The third-order valence-electron chi connectivity index (χ3n) is 3.04. The van der Waals surface area contributed by atoms with Crippen LogP contribution in [0.1, 0.15) is 33.6 Å². The van der Waals surface area contributed by atoms with Crippen molar-refractivity contribution >= 4 is 5.91 Å². The van der Waals surface area contributed by atoms with Crippen LogP contribution in [0.15, 0.2) is 0 Å². The van der Waals surface area contributed by atoms with Crippen LogP contribution in [0.3, 0.4) is 0 Å². The maximum atomic E-state index is 11.9. The Morgan fingerprint density at radius 2 is 2.18 bits per heavy atom. The molecule has 4 nitrogen and oxygen atoms in total. The van der Waals surface area contributed by atoms with Gasteiger partial charge in [0.15, 0.2) is 0 Å². The van der Waals surface area contributed by atoms with E-state index in [-0.39, 0.29) is 11.4 Å². The second-order valence-electron chi connectivity index (χ2n) is 5.88. The van der Waals surface area contributed by atoms with Gasteiger partial charge in [0.1, 0.15) is 0 Å². The first-order chi connectivity index (χ1) is 7.92. The van der Waals surface area contributed by atoms with Gasteiger partial charge in [0, 0.05) is 44.6 Å². The fourth-order valence-corrected chi connectivity index (χ4v) is 2.13. The molecular weight excluding hydrogens is 216 g/mol. The Labute approximate surface area is 105 Å². The van der Waals surface area contributed by atoms with Crippen LogP contribution in [0.25, 0.3) is 0 Å². The molecule has 17 heavy (non-hydrogen) atoms. The monoisotopic (exact) mass is 242 g/mol. The van der Waals surface area contributed by atoms with Crippen molar-refractivity contribution in [2.24, 2.45) is 5.92 Å². The van der Waals surface area contributed by atoms with Gasteiger partial charge in [0.05, 0.1) is 6.61 Å². The lowest BCUT2D eigenvalue weighted by atomic mass is 10.1. The molecule has 1 rings (SSSR count). The second kappa shape index (κ2) is 6.36. The van der Waals surface area contributed by atoms with Crippen LogP contribution in [0.4, 0.5) is 0 Å². The quantitative estimate of drug-likeness (QED) is 0.789. The third-order valence-corrected chi connectivity index (χ3v) is 3.04. The van der Waals surface area contributed by atoms with E-state index < -0.39 is 0 Å². The number of amides is 1. The van der Waals surface area contributed by atoms with Gasteiger partial charge in [-0.2, -0.15) is 0 Å². The lowest BCUT2D eigenvalue weighted by molar-refractivity contribution is -0.130. The molecule has 0 saturated carbocycles. The predicted molar refractivity (Wildman–Crippen MR) is 68.9 cm³/mol. The van der Waals surface area contributed by atoms with Gasteiger partial charge in [0.2, 0.25) is 5.91 Å². The molecule has 100 valence electrons. The van der Waals surface area contributed by atoms with E-state index >= 15 is 0 Å². The van der Waals surface area contributed by atoms with Crippen molar-refractivity contribution in [1.82, 2.24) is 10.2 Å². The van der Waals surface area contributed by atoms with Crippen molar-refractivity contribution in [1.29, 1.82) is 0 Å². The van der Waals surface area contributed by atoms with Gasteiger partial charge in [-0.25, -0.2) is 0 Å². The minimum Gasteiger partial charge on any atom is -0.384 e. The average Bonchev–Trinajstić information content (AvgIpc) is 2.65. The molecule has 0 radical (unpaired) electrons. The molecule has 4 heteroatoms. The molecule has 1 amide bonds. The number of methoxy groups -OCH3 is 1. The van der Waals surface area contributed by atoms with E-state index in [1.807, 2.05) is 4.90 Å². The Morgan fingerprint density at radius 1 is 1.47 bits per heavy atom. The van der Waals surface area contributed by atoms with Crippen molar-refractivity contribution in [2.75, 3.05) is 33.4 Å². The fourth-order valence-electron chi connectivity index (χ4n) is 2.13. The van der Waals surface area contributed by atoms with Crippen LogP contribution in [-0.4, -0.2) is 49.7 Å². The molecule has 0 aromatic heterocycles. The first kappa shape index (κ1) is 14.5. The molecule has 1 heterocycles. The van der Waals surface area contributed by atoms with E-state index in [0.717, 1.165) is 32.7 Å². The Hall–Kier alpha value is -0.610. The molecular formula is C13H26N2O2. The highest BCUT2D eigenvalue weighted by Crippen LogP contribution is 2.17. The summed E-state index contributed by atoms with van der Waals surface area (Å²) in [5, 5.41) is 3.34. The van der Waals surface area contributed by atoms with Crippen molar-refractivity contribution < 1.29 is 9.53 Å². The van der Waals surface area contributed by atoms with Gasteiger partial charge in [-0.15, -0.1) is 0 Å². The molecule has 0 spiro atoms. The third kappa shape index (κ3) is 5.50. The summed E-state index contributed by atoms with van der Waals surface area (Å²) >= 11 is 0. The Balaban J connectivity index is 2.21. The smallest absolute Gasteiger partial charge is 0.223 e. The van der Waals surface area contributed by atoms with Crippen LogP contribution < -0.4 is 5.32 Å². The second-order valence-corrected chi connectivity index (χ2v) is 5.88. The highest BCUT2D eigenvalue weighted by Gasteiger charge is 2.25. The summed E-state index contributed by atoms with van der Waals surface area (Å²) in [7, 11) is 1.72. The number of hydrogen-bond donors (Lipinski definition) is 1. The minimum atomic E-state index is 0.0872. The minimum absolute atomic E-state index is 0.0872. The summed E-state index contributed by atoms with van der Waals surface area (Å²) in [6.45, 7) is 9.62. The van der Waals surface area contributed by atoms with Crippen molar-refractivity contribution in [2.45, 2.75) is 39.2 Å². The van der Waals surface area contributed by atoms with Gasteiger partial charge < -0.3 is 15.0 Å². The Bertz CT molecular complexity index is 248. The largest absolute Gasteiger partial charge is 0.384 e. The summed E-state index contributed by atoms with van der Waals surface area (Å²) in [6, 6.07) is 0. The highest BCUT2D eigenvalue weighted by atomic mass is 16.5. The number of nitrogens with one attached hydrogen (secondary N) is 1. The summed E-state index contributed by atoms with van der Waals surface area (Å²) in [5.41, 5.74) is 0.0872. The molecule has 0 bridgehead atoms. The number of carbonyl (C=O) groups excluding carboxylic acids is 1. The van der Waals surface area contributed by atoms with Gasteiger partial charge in [-0.3, -0.25) is 4.79 Å². The zero-order valence-corrected chi connectivity index (χ0v) is 11.6. The molecule has 0 aromatic rings. The summed E-state index contributed by atoms with van der Waals surface area (Å²) < 4.78 is 5.13. The van der Waals surface area contributed by atoms with Crippen LogP contribution in [-0.2, 0) is 9.53 Å². The lowest BCUT2D eigenvalue weighted by Gasteiger charge is -2.22. The predicted octanol–water partition coefficient (Wildman–Crippen LogP) is 1.26. The molecule has 1 N–H and O–H groups in total. The molecule has 1 fully saturated rings. The number of likely N-dealkylation sites (tertiary alicyclic amines) is 1. The van der Waals surface area contributed by atoms with Gasteiger partial charge in [-0.05, 0) is 27.2 Å². The molecule has 1 atom stereocenters. The number of carbonyl (C=O) groups is 1. The number of hydrogen-bond acceptors (Lipinski definition) is 3. The zero-order chi connectivity index (χ0) is 12.9. The number of rotatable bonds is 5. The zero-order valence-electron chi connectivity index (χ0n) is 11.6. The van der Waals surface area contributed by atoms with E-state index in [0.29, 0.717) is 12.3 Å². The van der Waals surface area contributed by atoms with Crippen LogP contribution in [0.5, 0.6) is 0 Å². The Morgan fingerprint density at radius 3 is 2.76 bits per heavy atom. The number of ether oxygens (including phenoxy) is 1. The summed E-state index contributed by atoms with van der Waals surface area (Å²) in [5.74, 6) is 0.792. The van der Waals surface area contributed by atoms with Gasteiger partial charge in [0.25, 0.3) is 0 Å². The first-order valence-corrected chi connectivity index (χ1v) is 6.44. The summed E-state index contributed by atoms with van der Waals surface area (Å²) in [6.07, 6.45) is 1.67. The van der Waals surface area contributed by atoms with Crippen LogP contribution in [0.2, 0.25) is 0 Å². The van der Waals surface area contributed by atoms with Crippen LogP contribution in [0, 0.1) is 5.92 Å². The van der Waals surface area contributed by atoms with Crippen molar-refractivity contribution in [3.63, 3.8) is 0 Å². The van der Waals surface area contributed by atoms with Gasteiger partial charge >= 0.3 is 0 Å². The topological polar surface area (TPSA) is 41.6 Å². The molecule has 1 aliphatic rings. The number of nitrogens with zero attached hydrogens (tertiary/aromatic N) is 1. The average molecular weight is 242 g/mol. The SMILES string of the molecule is COCC1CCN(C(=O)CCNC(C)(C)C)C1. The molecule has 1 saturated heterocycles. The molecule has 0 aromatic carbocycles. The normalized spacial score (nSPS) is 20.9. The first-order valence-electron chi connectivity index (χ1n) is 6.44.